The molecular formula is C17H24N2O5S. The highest BCUT2D eigenvalue weighted by Gasteiger charge is 2.24. The number of hydrogen-bond donors (Lipinski definition) is 1. The van der Waals surface area contributed by atoms with E-state index in [1.54, 1.807) is 0 Å². The molecular weight excluding hydrogens is 344 g/mol. The maximum atomic E-state index is 12.6. The van der Waals surface area contributed by atoms with E-state index < -0.39 is 10.0 Å². The standard InChI is InChI=1S/C17H24N2O5S/c1-25(21,22)18-11-14-3-2-6-19(12-14)17(20)10-13-4-5-15-16(9-13)24-8-7-23-15/h4-5,9,14,18H,2-3,6-8,10-12H2,1H3. The highest BCUT2D eigenvalue weighted by Crippen LogP contribution is 2.31. The Morgan fingerprint density at radius 3 is 2.80 bits per heavy atom. The van der Waals surface area contributed by atoms with Crippen LogP contribution in [0.25, 0.3) is 0 Å². The molecule has 1 aromatic rings. The fourth-order valence-electron chi connectivity index (χ4n) is 3.21. The van der Waals surface area contributed by atoms with Crippen LogP contribution < -0.4 is 14.2 Å². The summed E-state index contributed by atoms with van der Waals surface area (Å²) >= 11 is 0. The van der Waals surface area contributed by atoms with Gasteiger partial charge in [-0.3, -0.25) is 4.79 Å². The molecule has 0 radical (unpaired) electrons. The lowest BCUT2D eigenvalue weighted by atomic mass is 9.97. The molecule has 1 saturated heterocycles. The quantitative estimate of drug-likeness (QED) is 0.831. The van der Waals surface area contributed by atoms with Gasteiger partial charge in [0.1, 0.15) is 13.2 Å². The third kappa shape index (κ3) is 5.09. The summed E-state index contributed by atoms with van der Waals surface area (Å²) in [4.78, 5) is 14.4. The molecule has 1 unspecified atom stereocenters. The van der Waals surface area contributed by atoms with Gasteiger partial charge in [-0.2, -0.15) is 0 Å². The van der Waals surface area contributed by atoms with Gasteiger partial charge in [-0.25, -0.2) is 13.1 Å². The maximum absolute atomic E-state index is 12.6. The van der Waals surface area contributed by atoms with Crippen LogP contribution in [0.2, 0.25) is 0 Å². The summed E-state index contributed by atoms with van der Waals surface area (Å²) in [6.45, 7) is 2.75. The second kappa shape index (κ2) is 7.61. The van der Waals surface area contributed by atoms with Crippen LogP contribution in [0.1, 0.15) is 18.4 Å². The number of nitrogens with one attached hydrogen (secondary N) is 1. The van der Waals surface area contributed by atoms with Gasteiger partial charge in [-0.15, -0.1) is 0 Å². The number of benzene rings is 1. The summed E-state index contributed by atoms with van der Waals surface area (Å²) in [5, 5.41) is 0. The van der Waals surface area contributed by atoms with Crippen molar-refractivity contribution >= 4 is 15.9 Å². The summed E-state index contributed by atoms with van der Waals surface area (Å²) < 4.78 is 36.1. The van der Waals surface area contributed by atoms with Crippen LogP contribution in [0, 0.1) is 5.92 Å². The smallest absolute Gasteiger partial charge is 0.227 e. The SMILES string of the molecule is CS(=O)(=O)NCC1CCCN(C(=O)Cc2ccc3c(c2)OCCO3)C1. The molecule has 0 aromatic heterocycles. The van der Waals surface area contributed by atoms with Crippen LogP contribution in [0.3, 0.4) is 0 Å². The Hall–Kier alpha value is -1.80. The van der Waals surface area contributed by atoms with Gasteiger partial charge in [0.15, 0.2) is 11.5 Å². The number of rotatable bonds is 5. The summed E-state index contributed by atoms with van der Waals surface area (Å²) in [7, 11) is -3.20. The Balaban J connectivity index is 1.57. The Bertz CT molecular complexity index is 735. The molecule has 1 fully saturated rings. The zero-order valence-corrected chi connectivity index (χ0v) is 15.2. The summed E-state index contributed by atoms with van der Waals surface area (Å²) in [5.74, 6) is 1.62. The Morgan fingerprint density at radius 2 is 2.04 bits per heavy atom. The molecule has 1 aromatic carbocycles. The third-order valence-corrected chi connectivity index (χ3v) is 5.16. The molecule has 3 rings (SSSR count). The number of carbonyl (C=O) groups is 1. The number of carbonyl (C=O) groups excluding carboxylic acids is 1. The van der Waals surface area contributed by atoms with Crippen molar-refractivity contribution < 1.29 is 22.7 Å². The van der Waals surface area contributed by atoms with Crippen LogP contribution in [0.4, 0.5) is 0 Å². The normalized spacial score (nSPS) is 20.4. The molecule has 8 heteroatoms. The Kier molecular flexibility index (Phi) is 5.48. The topological polar surface area (TPSA) is 84.9 Å². The first-order valence-corrected chi connectivity index (χ1v) is 10.4. The lowest BCUT2D eigenvalue weighted by molar-refractivity contribution is -0.132. The van der Waals surface area contributed by atoms with Gasteiger partial charge < -0.3 is 14.4 Å². The summed E-state index contributed by atoms with van der Waals surface area (Å²) in [5.41, 5.74) is 0.894. The third-order valence-electron chi connectivity index (χ3n) is 4.47. The van der Waals surface area contributed by atoms with Crippen LogP contribution >= 0.6 is 0 Å². The number of piperidine rings is 1. The second-order valence-electron chi connectivity index (χ2n) is 6.62. The minimum absolute atomic E-state index is 0.0562. The number of sulfonamides is 1. The maximum Gasteiger partial charge on any atom is 0.227 e. The van der Waals surface area contributed by atoms with Gasteiger partial charge in [-0.1, -0.05) is 6.07 Å². The second-order valence-corrected chi connectivity index (χ2v) is 8.46. The van der Waals surface area contributed by atoms with Crippen LogP contribution in [0.15, 0.2) is 18.2 Å². The fourth-order valence-corrected chi connectivity index (χ4v) is 3.75. The minimum atomic E-state index is -3.20. The van der Waals surface area contributed by atoms with E-state index in [1.165, 1.54) is 0 Å². The van der Waals surface area contributed by atoms with E-state index in [4.69, 9.17) is 9.47 Å². The van der Waals surface area contributed by atoms with Crippen molar-refractivity contribution in [2.75, 3.05) is 39.1 Å². The average Bonchev–Trinajstić information content (AvgIpc) is 2.59. The minimum Gasteiger partial charge on any atom is -0.486 e. The number of ether oxygens (including phenoxy) is 2. The first-order valence-electron chi connectivity index (χ1n) is 8.51. The Labute approximate surface area is 148 Å². The molecule has 2 aliphatic rings. The molecule has 7 nitrogen and oxygen atoms in total. The van der Waals surface area contributed by atoms with Crippen LogP contribution in [-0.4, -0.2) is 58.3 Å². The summed E-state index contributed by atoms with van der Waals surface area (Å²) in [6.07, 6.45) is 3.28. The van der Waals surface area contributed by atoms with Crippen molar-refractivity contribution in [3.63, 3.8) is 0 Å². The van der Waals surface area contributed by atoms with Gasteiger partial charge in [0.05, 0.1) is 12.7 Å². The van der Waals surface area contributed by atoms with Gasteiger partial charge in [0.2, 0.25) is 15.9 Å². The van der Waals surface area contributed by atoms with E-state index in [2.05, 4.69) is 4.72 Å². The van der Waals surface area contributed by atoms with E-state index in [-0.39, 0.29) is 11.8 Å². The van der Waals surface area contributed by atoms with E-state index in [1.807, 2.05) is 23.1 Å². The van der Waals surface area contributed by atoms with Crippen molar-refractivity contribution in [3.8, 4) is 11.5 Å². The van der Waals surface area contributed by atoms with Crippen molar-refractivity contribution in [2.24, 2.45) is 5.92 Å². The van der Waals surface area contributed by atoms with Gasteiger partial charge in [0.25, 0.3) is 0 Å². The van der Waals surface area contributed by atoms with Crippen LogP contribution in [0.5, 0.6) is 11.5 Å². The molecule has 25 heavy (non-hydrogen) atoms. The van der Waals surface area contributed by atoms with Crippen molar-refractivity contribution in [1.82, 2.24) is 9.62 Å². The molecule has 1 amide bonds. The first-order chi connectivity index (χ1) is 11.9. The molecule has 1 atom stereocenters. The molecule has 0 bridgehead atoms. The monoisotopic (exact) mass is 368 g/mol. The first kappa shape index (κ1) is 18.0. The molecule has 138 valence electrons. The molecule has 0 aliphatic carbocycles. The highest BCUT2D eigenvalue weighted by molar-refractivity contribution is 7.88. The molecule has 0 saturated carbocycles. The van der Waals surface area contributed by atoms with E-state index >= 15 is 0 Å². The number of likely N-dealkylation sites (tertiary alicyclic amines) is 1. The number of amides is 1. The zero-order valence-electron chi connectivity index (χ0n) is 14.4. The van der Waals surface area contributed by atoms with E-state index in [9.17, 15) is 13.2 Å². The zero-order chi connectivity index (χ0) is 17.9. The predicted molar refractivity (Wildman–Crippen MR) is 93.3 cm³/mol. The largest absolute Gasteiger partial charge is 0.486 e. The average molecular weight is 368 g/mol. The Morgan fingerprint density at radius 1 is 1.28 bits per heavy atom. The molecule has 1 N–H and O–H groups in total. The van der Waals surface area contributed by atoms with E-state index in [0.717, 1.165) is 31.2 Å². The van der Waals surface area contributed by atoms with Crippen molar-refractivity contribution in [3.05, 3.63) is 23.8 Å². The number of nitrogens with zero attached hydrogens (tertiary/aromatic N) is 1. The van der Waals surface area contributed by atoms with Crippen molar-refractivity contribution in [2.45, 2.75) is 19.3 Å². The van der Waals surface area contributed by atoms with Gasteiger partial charge >= 0.3 is 0 Å². The number of hydrogen-bond acceptors (Lipinski definition) is 5. The fraction of sp³-hybridized carbons (Fsp3) is 0.588. The number of fused-ring (bicyclic) bond motifs is 1. The molecule has 2 heterocycles. The van der Waals surface area contributed by atoms with Crippen molar-refractivity contribution in [1.29, 1.82) is 0 Å². The van der Waals surface area contributed by atoms with E-state index in [0.29, 0.717) is 44.2 Å². The highest BCUT2D eigenvalue weighted by atomic mass is 32.2. The summed E-state index contributed by atoms with van der Waals surface area (Å²) in [6, 6.07) is 5.59. The predicted octanol–water partition coefficient (Wildman–Crippen LogP) is 0.788. The lowest BCUT2D eigenvalue weighted by Crippen LogP contribution is -2.44. The van der Waals surface area contributed by atoms with Gasteiger partial charge in [0, 0.05) is 19.6 Å². The van der Waals surface area contributed by atoms with Crippen LogP contribution in [-0.2, 0) is 21.2 Å². The molecule has 2 aliphatic heterocycles. The van der Waals surface area contributed by atoms with Gasteiger partial charge in [-0.05, 0) is 36.5 Å². The molecule has 0 spiro atoms. The lowest BCUT2D eigenvalue weighted by Gasteiger charge is -2.33.